The van der Waals surface area contributed by atoms with Gasteiger partial charge in [-0.1, -0.05) is 63.2 Å². The fraction of sp³-hybridized carbons (Fsp3) is 0.269. The van der Waals surface area contributed by atoms with Gasteiger partial charge in [-0.3, -0.25) is 9.10 Å². The number of hydrogen-bond acceptors (Lipinski definition) is 3. The molecule has 5 nitrogen and oxygen atoms in total. The van der Waals surface area contributed by atoms with Crippen LogP contribution in [-0.2, 0) is 21.2 Å². The van der Waals surface area contributed by atoms with Gasteiger partial charge in [0.05, 0.1) is 10.6 Å². The van der Waals surface area contributed by atoms with E-state index in [0.717, 1.165) is 34.4 Å². The van der Waals surface area contributed by atoms with Gasteiger partial charge in [0.25, 0.3) is 10.0 Å². The van der Waals surface area contributed by atoms with Crippen LogP contribution in [0.25, 0.3) is 11.1 Å². The van der Waals surface area contributed by atoms with Gasteiger partial charge >= 0.3 is 0 Å². The molecule has 0 saturated carbocycles. The molecule has 0 bridgehead atoms. The lowest BCUT2D eigenvalue weighted by molar-refractivity contribution is -0.114. The molecule has 0 atom stereocenters. The lowest BCUT2D eigenvalue weighted by atomic mass is 9.95. The van der Waals surface area contributed by atoms with Crippen molar-refractivity contribution in [2.24, 2.45) is 0 Å². The van der Waals surface area contributed by atoms with Crippen LogP contribution in [0.5, 0.6) is 0 Å². The number of anilines is 2. The molecule has 166 valence electrons. The predicted molar refractivity (Wildman–Crippen MR) is 130 cm³/mol. The van der Waals surface area contributed by atoms with E-state index in [-0.39, 0.29) is 17.3 Å². The highest BCUT2D eigenvalue weighted by Crippen LogP contribution is 2.44. The number of nitrogens with one attached hydrogen (secondary N) is 1. The number of aryl methyl sites for hydroxylation is 2. The third-order valence-electron chi connectivity index (χ3n) is 5.99. The molecule has 1 aliphatic heterocycles. The van der Waals surface area contributed by atoms with Crippen LogP contribution in [0.3, 0.4) is 0 Å². The number of hydrogen-bond donors (Lipinski definition) is 1. The number of nitrogens with zero attached hydrogens (tertiary/aromatic N) is 1. The Labute approximate surface area is 190 Å². The SMILES string of the molecule is CCc1cccc(C)c1NC(=O)CN1c2ccc(C(C)C)cc2-c2ccccc2S1(=O)=O. The molecule has 4 rings (SSSR count). The molecule has 0 unspecified atom stereocenters. The van der Waals surface area contributed by atoms with Crippen molar-refractivity contribution in [1.29, 1.82) is 0 Å². The average Bonchev–Trinajstić information content (AvgIpc) is 2.77. The van der Waals surface area contributed by atoms with Gasteiger partial charge in [-0.2, -0.15) is 0 Å². The summed E-state index contributed by atoms with van der Waals surface area (Å²) < 4.78 is 28.2. The number of benzene rings is 3. The van der Waals surface area contributed by atoms with Crippen LogP contribution in [0.15, 0.2) is 65.6 Å². The zero-order chi connectivity index (χ0) is 23.0. The Balaban J connectivity index is 1.76. The maximum absolute atomic E-state index is 13.5. The Morgan fingerprint density at radius 3 is 2.47 bits per heavy atom. The molecule has 32 heavy (non-hydrogen) atoms. The third kappa shape index (κ3) is 3.79. The standard InChI is InChI=1S/C26H28N2O3S/c1-5-19-10-8-9-18(4)26(19)27-25(29)16-28-23-14-13-20(17(2)3)15-22(23)21-11-6-7-12-24(21)32(28,30)31/h6-15,17H,5,16H2,1-4H3,(H,27,29). The number of carbonyl (C=O) groups is 1. The number of rotatable bonds is 5. The number of fused-ring (bicyclic) bond motifs is 3. The van der Waals surface area contributed by atoms with Gasteiger partial charge in [0.15, 0.2) is 0 Å². The molecule has 1 heterocycles. The van der Waals surface area contributed by atoms with E-state index >= 15 is 0 Å². The third-order valence-corrected chi connectivity index (χ3v) is 7.81. The fourth-order valence-electron chi connectivity index (χ4n) is 4.19. The van der Waals surface area contributed by atoms with Gasteiger partial charge in [-0.15, -0.1) is 0 Å². The summed E-state index contributed by atoms with van der Waals surface area (Å²) in [7, 11) is -3.87. The smallest absolute Gasteiger partial charge is 0.265 e. The first kappa shape index (κ1) is 22.1. The summed E-state index contributed by atoms with van der Waals surface area (Å²) in [4.78, 5) is 13.3. The number of amides is 1. The summed E-state index contributed by atoms with van der Waals surface area (Å²) in [6.45, 7) is 7.88. The summed E-state index contributed by atoms with van der Waals surface area (Å²) in [6.07, 6.45) is 0.771. The number of sulfonamides is 1. The van der Waals surface area contributed by atoms with Gasteiger partial charge in [0, 0.05) is 16.8 Å². The molecule has 3 aromatic rings. The molecule has 0 aromatic heterocycles. The second kappa shape index (κ2) is 8.43. The Bertz CT molecular complexity index is 1300. The summed E-state index contributed by atoms with van der Waals surface area (Å²) in [6, 6.07) is 18.6. The maximum Gasteiger partial charge on any atom is 0.265 e. The van der Waals surface area contributed by atoms with Gasteiger partial charge in [0.2, 0.25) is 5.91 Å². The van der Waals surface area contributed by atoms with Crippen molar-refractivity contribution in [2.75, 3.05) is 16.2 Å². The normalized spacial score (nSPS) is 14.1. The van der Waals surface area contributed by atoms with Crippen molar-refractivity contribution in [1.82, 2.24) is 0 Å². The predicted octanol–water partition coefficient (Wildman–Crippen LogP) is 5.50. The van der Waals surface area contributed by atoms with E-state index in [1.807, 2.05) is 62.4 Å². The minimum Gasteiger partial charge on any atom is -0.324 e. The molecule has 0 saturated heterocycles. The maximum atomic E-state index is 13.5. The Morgan fingerprint density at radius 1 is 1.00 bits per heavy atom. The van der Waals surface area contributed by atoms with Crippen molar-refractivity contribution in [3.8, 4) is 11.1 Å². The van der Waals surface area contributed by atoms with Crippen LogP contribution in [-0.4, -0.2) is 20.9 Å². The molecule has 0 radical (unpaired) electrons. The highest BCUT2D eigenvalue weighted by Gasteiger charge is 2.36. The largest absolute Gasteiger partial charge is 0.324 e. The molecule has 0 spiro atoms. The molecule has 1 aliphatic rings. The summed E-state index contributed by atoms with van der Waals surface area (Å²) in [5.74, 6) is -0.0629. The molecule has 1 N–H and O–H groups in total. The van der Waals surface area contributed by atoms with E-state index in [0.29, 0.717) is 17.2 Å². The monoisotopic (exact) mass is 448 g/mol. The van der Waals surface area contributed by atoms with Crippen molar-refractivity contribution in [3.63, 3.8) is 0 Å². The van der Waals surface area contributed by atoms with Gasteiger partial charge in [0.1, 0.15) is 6.54 Å². The summed E-state index contributed by atoms with van der Waals surface area (Å²) in [5, 5.41) is 2.95. The fourth-order valence-corrected chi connectivity index (χ4v) is 5.84. The first-order chi connectivity index (χ1) is 15.2. The van der Waals surface area contributed by atoms with Crippen LogP contribution in [0.4, 0.5) is 11.4 Å². The van der Waals surface area contributed by atoms with Crippen LogP contribution < -0.4 is 9.62 Å². The molecule has 6 heteroatoms. The molecule has 3 aromatic carbocycles. The van der Waals surface area contributed by atoms with E-state index in [1.165, 1.54) is 4.31 Å². The molecule has 1 amide bonds. The Morgan fingerprint density at radius 2 is 1.75 bits per heavy atom. The van der Waals surface area contributed by atoms with Crippen molar-refractivity contribution in [3.05, 3.63) is 77.4 Å². The summed E-state index contributed by atoms with van der Waals surface area (Å²) >= 11 is 0. The number of carbonyl (C=O) groups excluding carboxylic acids is 1. The molecular formula is C26H28N2O3S. The van der Waals surface area contributed by atoms with Crippen LogP contribution in [0, 0.1) is 6.92 Å². The Kier molecular flexibility index (Phi) is 5.82. The Hall–Kier alpha value is -3.12. The van der Waals surface area contributed by atoms with Crippen LogP contribution >= 0.6 is 0 Å². The van der Waals surface area contributed by atoms with E-state index < -0.39 is 10.0 Å². The molecule has 0 fully saturated rings. The van der Waals surface area contributed by atoms with E-state index in [1.54, 1.807) is 12.1 Å². The zero-order valence-electron chi connectivity index (χ0n) is 18.8. The van der Waals surface area contributed by atoms with E-state index in [2.05, 4.69) is 19.2 Å². The van der Waals surface area contributed by atoms with E-state index in [4.69, 9.17) is 0 Å². The van der Waals surface area contributed by atoms with Crippen LogP contribution in [0.2, 0.25) is 0 Å². The second-order valence-corrected chi connectivity index (χ2v) is 10.3. The van der Waals surface area contributed by atoms with Crippen molar-refractivity contribution < 1.29 is 13.2 Å². The van der Waals surface area contributed by atoms with Gasteiger partial charge in [-0.25, -0.2) is 8.42 Å². The molecule has 0 aliphatic carbocycles. The van der Waals surface area contributed by atoms with Crippen LogP contribution in [0.1, 0.15) is 43.4 Å². The minimum atomic E-state index is -3.87. The van der Waals surface area contributed by atoms with Gasteiger partial charge < -0.3 is 5.32 Å². The highest BCUT2D eigenvalue weighted by atomic mass is 32.2. The lowest BCUT2D eigenvalue weighted by Gasteiger charge is -2.32. The second-order valence-electron chi connectivity index (χ2n) is 8.45. The first-order valence-corrected chi connectivity index (χ1v) is 12.3. The lowest BCUT2D eigenvalue weighted by Crippen LogP contribution is -2.40. The van der Waals surface area contributed by atoms with E-state index in [9.17, 15) is 13.2 Å². The quantitative estimate of drug-likeness (QED) is 0.561. The minimum absolute atomic E-state index is 0.228. The molecular weight excluding hydrogens is 420 g/mol. The first-order valence-electron chi connectivity index (χ1n) is 10.9. The zero-order valence-corrected chi connectivity index (χ0v) is 19.7. The van der Waals surface area contributed by atoms with Crippen molar-refractivity contribution >= 4 is 27.3 Å². The topological polar surface area (TPSA) is 66.5 Å². The summed E-state index contributed by atoms with van der Waals surface area (Å²) in [5.41, 5.74) is 5.88. The number of para-hydroxylation sites is 1. The van der Waals surface area contributed by atoms with Crippen molar-refractivity contribution in [2.45, 2.75) is 44.9 Å². The average molecular weight is 449 g/mol. The highest BCUT2D eigenvalue weighted by molar-refractivity contribution is 7.93. The van der Waals surface area contributed by atoms with Gasteiger partial charge in [-0.05, 0) is 54.2 Å².